The average Bonchev–Trinajstić information content (AvgIpc) is 2.26. The minimum absolute atomic E-state index is 0.0213. The summed E-state index contributed by atoms with van der Waals surface area (Å²) in [6, 6.07) is 5.62. The van der Waals surface area contributed by atoms with E-state index < -0.39 is 6.43 Å². The summed E-state index contributed by atoms with van der Waals surface area (Å²) in [6.45, 7) is 6.08. The van der Waals surface area contributed by atoms with Gasteiger partial charge in [-0.25, -0.2) is 8.78 Å². The van der Waals surface area contributed by atoms with Crippen molar-refractivity contribution < 1.29 is 8.78 Å². The minimum Gasteiger partial charge on any atom is -0.264 e. The van der Waals surface area contributed by atoms with Crippen LogP contribution >= 0.6 is 0 Å². The molecular formula is C14H15F2N. The molecule has 0 aliphatic heterocycles. The zero-order valence-electron chi connectivity index (χ0n) is 10.2. The smallest absolute Gasteiger partial charge is 0.264 e. The Kier molecular flexibility index (Phi) is 2.86. The lowest BCUT2D eigenvalue weighted by molar-refractivity contribution is 0.152. The molecule has 17 heavy (non-hydrogen) atoms. The number of alkyl halides is 2. The predicted molar refractivity (Wildman–Crippen MR) is 65.4 cm³/mol. The van der Waals surface area contributed by atoms with Crippen molar-refractivity contribution in [1.82, 2.24) is 4.98 Å². The molecule has 0 spiro atoms. The maximum absolute atomic E-state index is 13.0. The second-order valence-corrected chi connectivity index (χ2v) is 5.18. The van der Waals surface area contributed by atoms with Crippen LogP contribution in [0.15, 0.2) is 30.6 Å². The van der Waals surface area contributed by atoms with Crippen LogP contribution < -0.4 is 0 Å². The van der Waals surface area contributed by atoms with E-state index in [1.807, 2.05) is 39.0 Å². The Balaban J connectivity index is 2.86. The first-order valence-corrected chi connectivity index (χ1v) is 5.56. The van der Waals surface area contributed by atoms with Gasteiger partial charge in [0.2, 0.25) is 0 Å². The van der Waals surface area contributed by atoms with Crippen LogP contribution in [0.5, 0.6) is 0 Å². The molecule has 0 fully saturated rings. The summed E-state index contributed by atoms with van der Waals surface area (Å²) in [7, 11) is 0. The van der Waals surface area contributed by atoms with Crippen molar-refractivity contribution in [2.75, 3.05) is 0 Å². The van der Waals surface area contributed by atoms with Crippen molar-refractivity contribution in [2.45, 2.75) is 32.6 Å². The first-order valence-electron chi connectivity index (χ1n) is 5.56. The summed E-state index contributed by atoms with van der Waals surface area (Å²) in [5.41, 5.74) is 0.797. The van der Waals surface area contributed by atoms with Crippen molar-refractivity contribution in [2.24, 2.45) is 0 Å². The fourth-order valence-electron chi connectivity index (χ4n) is 2.05. The molecule has 0 unspecified atom stereocenters. The molecule has 0 N–H and O–H groups in total. The quantitative estimate of drug-likeness (QED) is 0.710. The molecule has 1 nitrogen and oxygen atoms in total. The van der Waals surface area contributed by atoms with Crippen LogP contribution in [0.1, 0.15) is 38.3 Å². The zero-order valence-corrected chi connectivity index (χ0v) is 10.2. The number of fused-ring (bicyclic) bond motifs is 1. The Labute approximate surface area is 99.5 Å². The topological polar surface area (TPSA) is 12.9 Å². The molecule has 2 aromatic rings. The van der Waals surface area contributed by atoms with E-state index in [1.54, 1.807) is 6.20 Å². The van der Waals surface area contributed by atoms with Gasteiger partial charge in [-0.2, -0.15) is 0 Å². The Hall–Kier alpha value is -1.51. The molecule has 0 aliphatic rings. The van der Waals surface area contributed by atoms with E-state index in [0.29, 0.717) is 5.39 Å². The van der Waals surface area contributed by atoms with Gasteiger partial charge in [0.25, 0.3) is 6.43 Å². The molecule has 0 radical (unpaired) electrons. The predicted octanol–water partition coefficient (Wildman–Crippen LogP) is 4.47. The van der Waals surface area contributed by atoms with Crippen LogP contribution in [0, 0.1) is 0 Å². The van der Waals surface area contributed by atoms with Crippen molar-refractivity contribution in [1.29, 1.82) is 0 Å². The number of hydrogen-bond acceptors (Lipinski definition) is 1. The second-order valence-electron chi connectivity index (χ2n) is 5.18. The summed E-state index contributed by atoms with van der Waals surface area (Å²) >= 11 is 0. The number of hydrogen-bond donors (Lipinski definition) is 0. The molecule has 1 aromatic carbocycles. The van der Waals surface area contributed by atoms with Gasteiger partial charge in [0, 0.05) is 23.3 Å². The molecule has 0 saturated carbocycles. The van der Waals surface area contributed by atoms with E-state index in [0.717, 1.165) is 10.9 Å². The third-order valence-corrected chi connectivity index (χ3v) is 2.86. The fraction of sp³-hybridized carbons (Fsp3) is 0.357. The standard InChI is InChI=1S/C14H15F2N/c1-14(2,3)11-6-4-5-9-7-17-8-10(12(9)11)13(15)16/h4-8,13H,1-3H3. The lowest BCUT2D eigenvalue weighted by Crippen LogP contribution is -2.12. The van der Waals surface area contributed by atoms with E-state index in [2.05, 4.69) is 4.98 Å². The monoisotopic (exact) mass is 235 g/mol. The SMILES string of the molecule is CC(C)(C)c1cccc2cncc(C(F)F)c12. The highest BCUT2D eigenvalue weighted by molar-refractivity contribution is 5.89. The third-order valence-electron chi connectivity index (χ3n) is 2.86. The number of aromatic nitrogens is 1. The highest BCUT2D eigenvalue weighted by Crippen LogP contribution is 2.35. The maximum Gasteiger partial charge on any atom is 0.265 e. The molecule has 90 valence electrons. The van der Waals surface area contributed by atoms with Gasteiger partial charge in [-0.3, -0.25) is 4.98 Å². The maximum atomic E-state index is 13.0. The minimum atomic E-state index is -2.49. The molecule has 1 aromatic heterocycles. The highest BCUT2D eigenvalue weighted by atomic mass is 19.3. The van der Waals surface area contributed by atoms with Crippen molar-refractivity contribution in [3.05, 3.63) is 41.7 Å². The Bertz CT molecular complexity index is 536. The first-order chi connectivity index (χ1) is 7.91. The van der Waals surface area contributed by atoms with Gasteiger partial charge >= 0.3 is 0 Å². The zero-order chi connectivity index (χ0) is 12.6. The van der Waals surface area contributed by atoms with E-state index in [4.69, 9.17) is 0 Å². The van der Waals surface area contributed by atoms with Crippen molar-refractivity contribution in [3.63, 3.8) is 0 Å². The van der Waals surface area contributed by atoms with Crippen LogP contribution in [-0.2, 0) is 5.41 Å². The molecule has 0 bridgehead atoms. The summed E-state index contributed by atoms with van der Waals surface area (Å²) in [6.07, 6.45) is 0.410. The largest absolute Gasteiger partial charge is 0.265 e. The van der Waals surface area contributed by atoms with Gasteiger partial charge < -0.3 is 0 Å². The lowest BCUT2D eigenvalue weighted by atomic mass is 9.83. The van der Waals surface area contributed by atoms with Crippen LogP contribution in [0.3, 0.4) is 0 Å². The molecule has 0 amide bonds. The number of nitrogens with zero attached hydrogens (tertiary/aromatic N) is 1. The van der Waals surface area contributed by atoms with E-state index >= 15 is 0 Å². The van der Waals surface area contributed by atoms with Gasteiger partial charge in [0.15, 0.2) is 0 Å². The fourth-order valence-corrected chi connectivity index (χ4v) is 2.05. The number of rotatable bonds is 1. The third kappa shape index (κ3) is 2.14. The lowest BCUT2D eigenvalue weighted by Gasteiger charge is -2.22. The molecule has 0 atom stereocenters. The van der Waals surface area contributed by atoms with Gasteiger partial charge in [-0.1, -0.05) is 39.0 Å². The van der Waals surface area contributed by atoms with E-state index in [-0.39, 0.29) is 11.0 Å². The van der Waals surface area contributed by atoms with Crippen LogP contribution in [0.4, 0.5) is 8.78 Å². The Morgan fingerprint density at radius 3 is 2.41 bits per heavy atom. The van der Waals surface area contributed by atoms with E-state index in [1.165, 1.54) is 6.20 Å². The normalized spacial score (nSPS) is 12.4. The van der Waals surface area contributed by atoms with Crippen LogP contribution in [0.2, 0.25) is 0 Å². The molecule has 3 heteroatoms. The molecule has 1 heterocycles. The summed E-state index contributed by atoms with van der Waals surface area (Å²) in [4.78, 5) is 3.88. The summed E-state index contributed by atoms with van der Waals surface area (Å²) in [5, 5.41) is 1.42. The Morgan fingerprint density at radius 1 is 1.12 bits per heavy atom. The van der Waals surface area contributed by atoms with Gasteiger partial charge in [-0.15, -0.1) is 0 Å². The van der Waals surface area contributed by atoms with Crippen LogP contribution in [0.25, 0.3) is 10.8 Å². The van der Waals surface area contributed by atoms with Gasteiger partial charge in [-0.05, 0) is 16.4 Å². The number of benzene rings is 1. The Morgan fingerprint density at radius 2 is 1.82 bits per heavy atom. The molecular weight excluding hydrogens is 220 g/mol. The van der Waals surface area contributed by atoms with Gasteiger partial charge in [0.1, 0.15) is 0 Å². The second kappa shape index (κ2) is 4.06. The summed E-state index contributed by atoms with van der Waals surface area (Å²) < 4.78 is 26.1. The van der Waals surface area contributed by atoms with Gasteiger partial charge in [0.05, 0.1) is 0 Å². The molecule has 0 saturated heterocycles. The number of pyridine rings is 1. The average molecular weight is 235 g/mol. The highest BCUT2D eigenvalue weighted by Gasteiger charge is 2.21. The van der Waals surface area contributed by atoms with Crippen molar-refractivity contribution >= 4 is 10.8 Å². The molecule has 0 aliphatic carbocycles. The first kappa shape index (κ1) is 12.0. The van der Waals surface area contributed by atoms with Crippen molar-refractivity contribution in [3.8, 4) is 0 Å². The summed E-state index contributed by atoms with van der Waals surface area (Å²) in [5.74, 6) is 0. The molecule has 2 rings (SSSR count). The van der Waals surface area contributed by atoms with Crippen LogP contribution in [-0.4, -0.2) is 4.98 Å². The van der Waals surface area contributed by atoms with E-state index in [9.17, 15) is 8.78 Å². The number of halogens is 2.